The fraction of sp³-hybridized carbons (Fsp3) is 0.879. The summed E-state index contributed by atoms with van der Waals surface area (Å²) >= 11 is 0. The Labute approximate surface area is 278 Å². The first-order valence-corrected chi connectivity index (χ1v) is 16.7. The minimum absolute atomic E-state index is 0.00227. The number of fused-ring (bicyclic) bond motifs is 5. The number of rotatable bonds is 5. The molecule has 3 heterocycles. The Morgan fingerprint density at radius 1 is 1.09 bits per heavy atom. The predicted octanol–water partition coefficient (Wildman–Crippen LogP) is 2.43. The number of likely N-dealkylation sites (N-methyl/N-ethyl adjacent to an activating group) is 1. The normalized spacial score (nSPS) is 45.5. The number of aliphatic hydroxyl groups excluding tert-OH is 2. The van der Waals surface area contributed by atoms with Crippen LogP contribution in [0, 0.1) is 28.6 Å². The Kier molecular flexibility index (Phi) is 13.1. The molecule has 0 radical (unpaired) electrons. The van der Waals surface area contributed by atoms with Crippen molar-refractivity contribution in [1.29, 1.82) is 0 Å². The van der Waals surface area contributed by atoms with Crippen LogP contribution in [0.4, 0.5) is 0 Å². The number of hydrazone groups is 1. The smallest absolute Gasteiger partial charge is 0.387 e. The van der Waals surface area contributed by atoms with E-state index in [4.69, 9.17) is 23.7 Å². The molecule has 0 aromatic carbocycles. The lowest BCUT2D eigenvalue weighted by molar-refractivity contribution is -0.796. The summed E-state index contributed by atoms with van der Waals surface area (Å²) in [6.45, 7) is 17.8. The van der Waals surface area contributed by atoms with E-state index in [0.717, 1.165) is 0 Å². The van der Waals surface area contributed by atoms with Gasteiger partial charge in [-0.3, -0.25) is 4.79 Å². The maximum atomic E-state index is 13.6. The molecule has 0 saturated carbocycles. The van der Waals surface area contributed by atoms with Crippen molar-refractivity contribution >= 4 is 11.7 Å². The quantitative estimate of drug-likeness (QED) is 0.191. The Bertz CT molecular complexity index is 1150. The van der Waals surface area contributed by atoms with E-state index in [1.807, 2.05) is 25.9 Å². The summed E-state index contributed by atoms with van der Waals surface area (Å²) in [5, 5.41) is 48.4. The average molecular weight is 673 g/mol. The number of carbonyl (C=O) groups excluding carboxylic acids is 1. The lowest BCUT2D eigenvalue weighted by Gasteiger charge is -2.48. The summed E-state index contributed by atoms with van der Waals surface area (Å²) in [6.07, 6.45) is -5.99. The van der Waals surface area contributed by atoms with Crippen LogP contribution in [0.3, 0.4) is 0 Å². The topological polar surface area (TPSA) is 180 Å². The molecule has 0 aromatic rings. The first kappa shape index (κ1) is 39.4. The third-order valence-electron chi connectivity index (χ3n) is 10.3. The molecule has 0 aliphatic carbocycles. The first-order chi connectivity index (χ1) is 21.7. The first-order valence-electron chi connectivity index (χ1n) is 16.7. The van der Waals surface area contributed by atoms with Crippen LogP contribution in [0.5, 0.6) is 0 Å². The lowest BCUT2D eigenvalue weighted by atomic mass is 9.73. The second kappa shape index (κ2) is 15.7. The van der Waals surface area contributed by atoms with Crippen LogP contribution in [0.2, 0.25) is 0 Å². The third-order valence-corrected chi connectivity index (χ3v) is 10.3. The molecule has 0 aromatic heterocycles. The minimum atomic E-state index is -1.80. The highest BCUT2D eigenvalue weighted by atomic mass is 16.7. The number of ether oxygens (including phenoxy) is 5. The fourth-order valence-corrected chi connectivity index (χ4v) is 7.64. The lowest BCUT2D eigenvalue weighted by Crippen LogP contribution is -2.60. The van der Waals surface area contributed by atoms with Crippen LogP contribution >= 0.6 is 0 Å². The summed E-state index contributed by atoms with van der Waals surface area (Å²) in [5.41, 5.74) is -2.36. The summed E-state index contributed by atoms with van der Waals surface area (Å²) in [6, 6.07) is -0.281. The van der Waals surface area contributed by atoms with Gasteiger partial charge in [0.2, 0.25) is 0 Å². The van der Waals surface area contributed by atoms with Crippen molar-refractivity contribution in [3.8, 4) is 0 Å². The largest absolute Gasteiger partial charge is 0.459 e. The standard InChI is InChI=1S/C33H58N3O11/c1-12-24-33(9,40)29-20(5)25(34-36(41)42)18(3)14-32(8,44-16-17(2)15-43-29)28(21(6)26(37)22(7)30(39)46-24)47-31-27(38)23(35(10)11)13-19(4)45-31/h18-24,26-29,31,37-38,40H,2,12-16H2,1,3-11H3,(H,41,42)/q+1/t18-,19-,20+,21+,22-,23+,24-,26+,27-,28-,29-,31+,32-,33-/m1/s1. The van der Waals surface area contributed by atoms with Gasteiger partial charge in [-0.15, -0.1) is 0 Å². The maximum Gasteiger partial charge on any atom is 0.387 e. The van der Waals surface area contributed by atoms with Crippen LogP contribution < -0.4 is 0 Å². The van der Waals surface area contributed by atoms with E-state index in [1.54, 1.807) is 41.5 Å². The molecule has 0 spiro atoms. The zero-order valence-electron chi connectivity index (χ0n) is 29.7. The number of nitrogens with zero attached hydrogens (tertiary/aromatic N) is 3. The minimum Gasteiger partial charge on any atom is -0.459 e. The molecule has 3 aliphatic rings. The molecule has 4 N–H and O–H groups in total. The molecular weight excluding hydrogens is 614 g/mol. The SMILES string of the molecule is C=C1CO[C@@H]2[C@@H](C)C(=N[N+](=O)O)[C@H](C)C[C@@](C)(OC1)[C@H](O[C@@H]1O[C@H](C)C[C@H](N(C)C)[C@H]1O)[C@@H](C)[C@H](O)[C@@H](C)C(=O)O[C@H](CC)[C@@]2(C)O. The molecule has 14 nitrogen and oxygen atoms in total. The number of cyclic esters (lactones) is 1. The number of hydrogen-bond acceptors (Lipinski definition) is 11. The highest BCUT2D eigenvalue weighted by molar-refractivity contribution is 5.88. The summed E-state index contributed by atoms with van der Waals surface area (Å²) in [7, 11) is 3.73. The molecule has 0 unspecified atom stereocenters. The van der Waals surface area contributed by atoms with E-state index in [2.05, 4.69) is 11.7 Å². The summed E-state index contributed by atoms with van der Waals surface area (Å²) < 4.78 is 31.6. The Morgan fingerprint density at radius 3 is 2.30 bits per heavy atom. The molecular formula is C33H58N3O11+. The highest BCUT2D eigenvalue weighted by Gasteiger charge is 2.53. The highest BCUT2D eigenvalue weighted by Crippen LogP contribution is 2.41. The Morgan fingerprint density at radius 2 is 1.72 bits per heavy atom. The Balaban J connectivity index is 2.28. The van der Waals surface area contributed by atoms with Gasteiger partial charge in [-0.2, -0.15) is 0 Å². The van der Waals surface area contributed by atoms with Gasteiger partial charge >= 0.3 is 11.0 Å². The van der Waals surface area contributed by atoms with Gasteiger partial charge in [0.1, 0.15) is 28.4 Å². The molecule has 3 fully saturated rings. The molecule has 2 bridgehead atoms. The molecule has 0 amide bonds. The summed E-state index contributed by atoms with van der Waals surface area (Å²) in [4.78, 5) is 27.6. The third kappa shape index (κ3) is 8.77. The van der Waals surface area contributed by atoms with E-state index in [0.29, 0.717) is 12.0 Å². The number of esters is 1. The number of carbonyl (C=O) groups is 1. The van der Waals surface area contributed by atoms with Crippen molar-refractivity contribution in [2.24, 2.45) is 28.8 Å². The molecule has 3 aliphatic heterocycles. The summed E-state index contributed by atoms with van der Waals surface area (Å²) in [5.74, 6) is -3.96. The number of aliphatic hydroxyl groups is 3. The van der Waals surface area contributed by atoms with Gasteiger partial charge in [0.05, 0.1) is 54.2 Å². The average Bonchev–Trinajstić information content (AvgIpc) is 3.00. The molecule has 47 heavy (non-hydrogen) atoms. The van der Waals surface area contributed by atoms with Gasteiger partial charge in [-0.25, -0.2) is 5.21 Å². The van der Waals surface area contributed by atoms with E-state index >= 15 is 0 Å². The van der Waals surface area contributed by atoms with Crippen LogP contribution in [0.15, 0.2) is 17.3 Å². The monoisotopic (exact) mass is 672 g/mol. The zero-order chi connectivity index (χ0) is 35.6. The second-order valence-corrected chi connectivity index (χ2v) is 14.6. The molecule has 3 saturated heterocycles. The van der Waals surface area contributed by atoms with Crippen LogP contribution in [-0.4, -0.2) is 130 Å². The molecule has 14 atom stereocenters. The van der Waals surface area contributed by atoms with E-state index in [-0.39, 0.29) is 43.9 Å². The van der Waals surface area contributed by atoms with Crippen molar-refractivity contribution in [2.45, 2.75) is 135 Å². The fourth-order valence-electron chi connectivity index (χ4n) is 7.64. The van der Waals surface area contributed by atoms with E-state index in [9.17, 15) is 30.2 Å². The predicted molar refractivity (Wildman–Crippen MR) is 171 cm³/mol. The van der Waals surface area contributed by atoms with Gasteiger partial charge in [0.15, 0.2) is 6.29 Å². The molecule has 14 heteroatoms. The van der Waals surface area contributed by atoms with Gasteiger partial charge in [-0.1, -0.05) is 34.3 Å². The van der Waals surface area contributed by atoms with Crippen LogP contribution in [0.1, 0.15) is 74.7 Å². The van der Waals surface area contributed by atoms with Gasteiger partial charge < -0.3 is 43.9 Å². The van der Waals surface area contributed by atoms with Crippen molar-refractivity contribution in [2.75, 3.05) is 27.3 Å². The van der Waals surface area contributed by atoms with Crippen molar-refractivity contribution in [3.63, 3.8) is 0 Å². The van der Waals surface area contributed by atoms with Crippen molar-refractivity contribution in [3.05, 3.63) is 17.1 Å². The van der Waals surface area contributed by atoms with Crippen molar-refractivity contribution < 1.29 is 54.0 Å². The van der Waals surface area contributed by atoms with Gasteiger partial charge in [-0.05, 0) is 66.6 Å². The van der Waals surface area contributed by atoms with Gasteiger partial charge in [0.25, 0.3) is 0 Å². The Hall–Kier alpha value is -2.04. The zero-order valence-corrected chi connectivity index (χ0v) is 29.7. The molecule has 270 valence electrons. The van der Waals surface area contributed by atoms with Crippen LogP contribution in [-0.2, 0) is 28.5 Å². The van der Waals surface area contributed by atoms with E-state index < -0.39 is 82.7 Å². The van der Waals surface area contributed by atoms with Crippen LogP contribution in [0.25, 0.3) is 0 Å². The molecule has 3 rings (SSSR count). The number of hydrogen-bond donors (Lipinski definition) is 4. The van der Waals surface area contributed by atoms with Gasteiger partial charge in [0, 0.05) is 23.8 Å². The second-order valence-electron chi connectivity index (χ2n) is 14.6. The maximum absolute atomic E-state index is 13.6. The van der Waals surface area contributed by atoms with Crippen molar-refractivity contribution in [1.82, 2.24) is 4.90 Å². The van der Waals surface area contributed by atoms with E-state index in [1.165, 1.54) is 6.92 Å².